The van der Waals surface area contributed by atoms with Crippen LogP contribution in [0.2, 0.25) is 0 Å². The van der Waals surface area contributed by atoms with Crippen molar-refractivity contribution < 1.29 is 9.84 Å². The normalized spacial score (nSPS) is 11.4. The SMILES string of the molecule is Cc1cccc(OCC(C)(C)CO)c1. The molecule has 0 atom stereocenters. The average Bonchev–Trinajstić information content (AvgIpc) is 2.15. The first kappa shape index (κ1) is 11.1. The molecule has 1 aromatic rings. The largest absolute Gasteiger partial charge is 0.493 e. The van der Waals surface area contributed by atoms with Crippen LogP contribution in [0.25, 0.3) is 0 Å². The van der Waals surface area contributed by atoms with Crippen LogP contribution in [0, 0.1) is 12.3 Å². The maximum absolute atomic E-state index is 9.05. The highest BCUT2D eigenvalue weighted by Gasteiger charge is 2.17. The zero-order chi connectivity index (χ0) is 10.6. The summed E-state index contributed by atoms with van der Waals surface area (Å²) < 4.78 is 5.58. The van der Waals surface area contributed by atoms with E-state index >= 15 is 0 Å². The summed E-state index contributed by atoms with van der Waals surface area (Å²) in [6.45, 7) is 6.65. The molecule has 2 nitrogen and oxygen atoms in total. The molecule has 0 saturated heterocycles. The average molecular weight is 194 g/mol. The molecule has 0 saturated carbocycles. The monoisotopic (exact) mass is 194 g/mol. The van der Waals surface area contributed by atoms with Crippen molar-refractivity contribution in [3.05, 3.63) is 29.8 Å². The molecular weight excluding hydrogens is 176 g/mol. The Morgan fingerprint density at radius 2 is 2.07 bits per heavy atom. The van der Waals surface area contributed by atoms with Crippen LogP contribution in [0.1, 0.15) is 19.4 Å². The molecule has 14 heavy (non-hydrogen) atoms. The van der Waals surface area contributed by atoms with E-state index < -0.39 is 0 Å². The Hall–Kier alpha value is -1.02. The molecule has 1 rings (SSSR count). The Kier molecular flexibility index (Phi) is 3.53. The fraction of sp³-hybridized carbons (Fsp3) is 0.500. The molecular formula is C12H18O2. The van der Waals surface area contributed by atoms with Crippen molar-refractivity contribution in [2.45, 2.75) is 20.8 Å². The molecule has 0 amide bonds. The number of hydrogen-bond donors (Lipinski definition) is 1. The molecule has 1 aromatic carbocycles. The number of benzene rings is 1. The molecule has 0 bridgehead atoms. The lowest BCUT2D eigenvalue weighted by Gasteiger charge is -2.21. The third-order valence-electron chi connectivity index (χ3n) is 2.05. The van der Waals surface area contributed by atoms with Crippen LogP contribution in [0.3, 0.4) is 0 Å². The van der Waals surface area contributed by atoms with Gasteiger partial charge < -0.3 is 9.84 Å². The molecule has 0 unspecified atom stereocenters. The van der Waals surface area contributed by atoms with Gasteiger partial charge in [-0.2, -0.15) is 0 Å². The molecule has 0 heterocycles. The van der Waals surface area contributed by atoms with Gasteiger partial charge in [-0.15, -0.1) is 0 Å². The number of aliphatic hydroxyl groups is 1. The second-order valence-corrected chi connectivity index (χ2v) is 4.43. The summed E-state index contributed by atoms with van der Waals surface area (Å²) in [5.74, 6) is 0.867. The number of rotatable bonds is 4. The summed E-state index contributed by atoms with van der Waals surface area (Å²) in [7, 11) is 0. The van der Waals surface area contributed by atoms with Gasteiger partial charge >= 0.3 is 0 Å². The Labute approximate surface area is 85.5 Å². The highest BCUT2D eigenvalue weighted by atomic mass is 16.5. The predicted octanol–water partition coefficient (Wildman–Crippen LogP) is 2.39. The fourth-order valence-electron chi connectivity index (χ4n) is 1.03. The predicted molar refractivity (Wildman–Crippen MR) is 57.5 cm³/mol. The van der Waals surface area contributed by atoms with Gasteiger partial charge in [0.25, 0.3) is 0 Å². The van der Waals surface area contributed by atoms with Gasteiger partial charge in [-0.1, -0.05) is 26.0 Å². The van der Waals surface area contributed by atoms with E-state index in [-0.39, 0.29) is 12.0 Å². The van der Waals surface area contributed by atoms with Crippen LogP contribution >= 0.6 is 0 Å². The van der Waals surface area contributed by atoms with Crippen LogP contribution in [0.4, 0.5) is 0 Å². The van der Waals surface area contributed by atoms with E-state index in [4.69, 9.17) is 9.84 Å². The standard InChI is InChI=1S/C12H18O2/c1-10-5-4-6-11(7-10)14-9-12(2,3)8-13/h4-7,13H,8-9H2,1-3H3. The summed E-state index contributed by atoms with van der Waals surface area (Å²) in [5.41, 5.74) is 1.01. The highest BCUT2D eigenvalue weighted by Crippen LogP contribution is 2.18. The second-order valence-electron chi connectivity index (χ2n) is 4.43. The summed E-state index contributed by atoms with van der Waals surface area (Å²) in [4.78, 5) is 0. The summed E-state index contributed by atoms with van der Waals surface area (Å²) in [6, 6.07) is 7.93. The van der Waals surface area contributed by atoms with E-state index in [1.54, 1.807) is 0 Å². The fourth-order valence-corrected chi connectivity index (χ4v) is 1.03. The van der Waals surface area contributed by atoms with Crippen molar-refractivity contribution in [1.82, 2.24) is 0 Å². The van der Waals surface area contributed by atoms with Crippen molar-refractivity contribution in [2.75, 3.05) is 13.2 Å². The second kappa shape index (κ2) is 4.47. The molecule has 0 radical (unpaired) electrons. The quantitative estimate of drug-likeness (QED) is 0.797. The summed E-state index contributed by atoms with van der Waals surface area (Å²) in [6.07, 6.45) is 0. The molecule has 0 aliphatic heterocycles. The lowest BCUT2D eigenvalue weighted by atomic mass is 9.96. The summed E-state index contributed by atoms with van der Waals surface area (Å²) >= 11 is 0. The van der Waals surface area contributed by atoms with Crippen molar-refractivity contribution >= 4 is 0 Å². The topological polar surface area (TPSA) is 29.5 Å². The smallest absolute Gasteiger partial charge is 0.119 e. The van der Waals surface area contributed by atoms with Crippen LogP contribution in [0.15, 0.2) is 24.3 Å². The first-order chi connectivity index (χ1) is 6.53. The van der Waals surface area contributed by atoms with Crippen molar-refractivity contribution in [1.29, 1.82) is 0 Å². The maximum atomic E-state index is 9.05. The molecule has 0 aliphatic carbocycles. The van der Waals surface area contributed by atoms with Gasteiger partial charge in [0.2, 0.25) is 0 Å². The van der Waals surface area contributed by atoms with Crippen LogP contribution in [-0.4, -0.2) is 18.3 Å². The van der Waals surface area contributed by atoms with Gasteiger partial charge in [0.15, 0.2) is 0 Å². The molecule has 0 spiro atoms. The number of hydrogen-bond acceptors (Lipinski definition) is 2. The van der Waals surface area contributed by atoms with Gasteiger partial charge in [-0.05, 0) is 24.6 Å². The Morgan fingerprint density at radius 3 is 2.64 bits per heavy atom. The lowest BCUT2D eigenvalue weighted by Crippen LogP contribution is -2.25. The minimum Gasteiger partial charge on any atom is -0.493 e. The van der Waals surface area contributed by atoms with E-state index in [1.165, 1.54) is 5.56 Å². The van der Waals surface area contributed by atoms with Crippen LogP contribution in [0.5, 0.6) is 5.75 Å². The molecule has 0 aromatic heterocycles. The van der Waals surface area contributed by atoms with E-state index in [1.807, 2.05) is 45.0 Å². The van der Waals surface area contributed by atoms with Crippen LogP contribution in [-0.2, 0) is 0 Å². The first-order valence-corrected chi connectivity index (χ1v) is 4.84. The van der Waals surface area contributed by atoms with Crippen molar-refractivity contribution in [3.63, 3.8) is 0 Å². The number of aryl methyl sites for hydroxylation is 1. The van der Waals surface area contributed by atoms with Gasteiger partial charge in [0.1, 0.15) is 5.75 Å². The highest BCUT2D eigenvalue weighted by molar-refractivity contribution is 5.27. The van der Waals surface area contributed by atoms with Gasteiger partial charge in [-0.25, -0.2) is 0 Å². The van der Waals surface area contributed by atoms with E-state index in [0.717, 1.165) is 5.75 Å². The molecule has 1 N–H and O–H groups in total. The van der Waals surface area contributed by atoms with E-state index in [9.17, 15) is 0 Å². The Morgan fingerprint density at radius 1 is 1.36 bits per heavy atom. The third kappa shape index (κ3) is 3.38. The van der Waals surface area contributed by atoms with Crippen LogP contribution < -0.4 is 4.74 Å². The van der Waals surface area contributed by atoms with Crippen molar-refractivity contribution in [3.8, 4) is 5.75 Å². The van der Waals surface area contributed by atoms with Crippen molar-refractivity contribution in [2.24, 2.45) is 5.41 Å². The van der Waals surface area contributed by atoms with E-state index in [0.29, 0.717) is 6.61 Å². The summed E-state index contributed by atoms with van der Waals surface area (Å²) in [5, 5.41) is 9.05. The molecule has 2 heteroatoms. The lowest BCUT2D eigenvalue weighted by molar-refractivity contribution is 0.0975. The minimum atomic E-state index is -0.177. The maximum Gasteiger partial charge on any atom is 0.119 e. The molecule has 0 fully saturated rings. The molecule has 78 valence electrons. The zero-order valence-electron chi connectivity index (χ0n) is 9.08. The first-order valence-electron chi connectivity index (χ1n) is 4.84. The van der Waals surface area contributed by atoms with Gasteiger partial charge in [0, 0.05) is 5.41 Å². The number of aliphatic hydroxyl groups excluding tert-OH is 1. The Bertz CT molecular complexity index is 292. The number of ether oxygens (including phenoxy) is 1. The van der Waals surface area contributed by atoms with Gasteiger partial charge in [0.05, 0.1) is 13.2 Å². The zero-order valence-corrected chi connectivity index (χ0v) is 9.08. The van der Waals surface area contributed by atoms with Gasteiger partial charge in [-0.3, -0.25) is 0 Å². The Balaban J connectivity index is 2.54. The minimum absolute atomic E-state index is 0.138. The molecule has 0 aliphatic rings. The third-order valence-corrected chi connectivity index (χ3v) is 2.05. The van der Waals surface area contributed by atoms with E-state index in [2.05, 4.69) is 0 Å².